The molecule has 0 saturated carbocycles. The van der Waals surface area contributed by atoms with Crippen molar-refractivity contribution < 1.29 is 19.1 Å². The highest BCUT2D eigenvalue weighted by molar-refractivity contribution is 5.82. The maximum absolute atomic E-state index is 12.6. The lowest BCUT2D eigenvalue weighted by Gasteiger charge is -2.35. The van der Waals surface area contributed by atoms with Gasteiger partial charge in [-0.15, -0.1) is 0 Å². The lowest BCUT2D eigenvalue weighted by molar-refractivity contribution is -0.130. The number of hydrogen-bond acceptors (Lipinski definition) is 8. The zero-order chi connectivity index (χ0) is 25.3. The van der Waals surface area contributed by atoms with Gasteiger partial charge in [0.15, 0.2) is 0 Å². The van der Waals surface area contributed by atoms with Gasteiger partial charge in [-0.25, -0.2) is 9.78 Å². The molecule has 10 heteroatoms. The van der Waals surface area contributed by atoms with E-state index < -0.39 is 6.09 Å². The fourth-order valence-electron chi connectivity index (χ4n) is 3.77. The molecule has 2 amide bonds. The molecule has 0 spiro atoms. The minimum atomic E-state index is -0.615. The van der Waals surface area contributed by atoms with Gasteiger partial charge in [-0.1, -0.05) is 30.3 Å². The third-order valence-corrected chi connectivity index (χ3v) is 5.72. The summed E-state index contributed by atoms with van der Waals surface area (Å²) in [5.74, 6) is 1.94. The summed E-state index contributed by atoms with van der Waals surface area (Å²) in [4.78, 5) is 37.5. The van der Waals surface area contributed by atoms with Crippen LogP contribution in [0.2, 0.25) is 0 Å². The Morgan fingerprint density at radius 3 is 2.39 bits per heavy atom. The summed E-state index contributed by atoms with van der Waals surface area (Å²) in [6, 6.07) is 18.9. The van der Waals surface area contributed by atoms with Crippen molar-refractivity contribution in [3.63, 3.8) is 0 Å². The highest BCUT2D eigenvalue weighted by Crippen LogP contribution is 2.21. The molecule has 188 valence electrons. The van der Waals surface area contributed by atoms with Crippen molar-refractivity contribution in [1.29, 1.82) is 0 Å². The molecule has 2 N–H and O–H groups in total. The van der Waals surface area contributed by atoms with Gasteiger partial charge in [0.2, 0.25) is 11.9 Å². The van der Waals surface area contributed by atoms with E-state index in [0.29, 0.717) is 37.9 Å². The van der Waals surface area contributed by atoms with Crippen LogP contribution in [0.15, 0.2) is 60.7 Å². The number of methoxy groups -OCH3 is 1. The summed E-state index contributed by atoms with van der Waals surface area (Å²) in [6.07, 6.45) is -0.615. The third kappa shape index (κ3) is 6.84. The average molecular weight is 491 g/mol. The van der Waals surface area contributed by atoms with E-state index in [2.05, 4.69) is 25.5 Å². The van der Waals surface area contributed by atoms with Gasteiger partial charge in [0.1, 0.15) is 24.7 Å². The van der Waals surface area contributed by atoms with Crippen LogP contribution in [0.3, 0.4) is 0 Å². The van der Waals surface area contributed by atoms with Crippen LogP contribution in [0, 0.1) is 6.92 Å². The van der Waals surface area contributed by atoms with E-state index in [1.165, 1.54) is 0 Å². The number of carbonyl (C=O) groups is 2. The van der Waals surface area contributed by atoms with Gasteiger partial charge in [-0.3, -0.25) is 4.79 Å². The van der Waals surface area contributed by atoms with Crippen LogP contribution in [-0.2, 0) is 16.1 Å². The van der Waals surface area contributed by atoms with Gasteiger partial charge < -0.3 is 29.9 Å². The number of aryl methyl sites for hydroxylation is 1. The summed E-state index contributed by atoms with van der Waals surface area (Å²) in [5, 5.41) is 5.83. The predicted molar refractivity (Wildman–Crippen MR) is 136 cm³/mol. The SMILES string of the molecule is COc1ccc(Nc2cc(C)nc(N3CCN(C(=O)CNC(=O)OCc4ccccc4)CC3)n2)cc1. The van der Waals surface area contributed by atoms with Crippen LogP contribution in [0.1, 0.15) is 11.3 Å². The van der Waals surface area contributed by atoms with Crippen LogP contribution in [0.5, 0.6) is 5.75 Å². The standard InChI is InChI=1S/C26H30N6O4/c1-19-16-23(29-21-8-10-22(35-2)11-9-21)30-25(28-19)32-14-12-31(13-15-32)24(33)17-27-26(34)36-18-20-6-4-3-5-7-20/h3-11,16H,12-15,17-18H2,1-2H3,(H,27,34)(H,28,29,30). The van der Waals surface area contributed by atoms with E-state index >= 15 is 0 Å². The molecule has 2 heterocycles. The van der Waals surface area contributed by atoms with E-state index in [4.69, 9.17) is 9.47 Å². The number of carbonyl (C=O) groups excluding carboxylic acids is 2. The largest absolute Gasteiger partial charge is 0.497 e. The maximum Gasteiger partial charge on any atom is 0.407 e. The number of alkyl carbamates (subject to hydrolysis) is 1. The third-order valence-electron chi connectivity index (χ3n) is 5.72. The van der Waals surface area contributed by atoms with Gasteiger partial charge >= 0.3 is 6.09 Å². The normalized spacial score (nSPS) is 13.2. The molecule has 1 aliphatic rings. The molecule has 1 saturated heterocycles. The number of amides is 2. The highest BCUT2D eigenvalue weighted by atomic mass is 16.5. The monoisotopic (exact) mass is 490 g/mol. The summed E-state index contributed by atoms with van der Waals surface area (Å²) in [7, 11) is 1.63. The minimum absolute atomic E-state index is 0.107. The summed E-state index contributed by atoms with van der Waals surface area (Å²) in [6.45, 7) is 4.18. The second-order valence-electron chi connectivity index (χ2n) is 8.33. The van der Waals surface area contributed by atoms with Crippen molar-refractivity contribution in [2.75, 3.05) is 50.1 Å². The van der Waals surface area contributed by atoms with Crippen molar-refractivity contribution in [1.82, 2.24) is 20.2 Å². The number of nitrogens with one attached hydrogen (secondary N) is 2. The first-order chi connectivity index (χ1) is 17.5. The maximum atomic E-state index is 12.6. The van der Waals surface area contributed by atoms with E-state index in [0.717, 1.165) is 22.7 Å². The van der Waals surface area contributed by atoms with E-state index in [9.17, 15) is 9.59 Å². The van der Waals surface area contributed by atoms with E-state index in [1.54, 1.807) is 12.0 Å². The molecule has 10 nitrogen and oxygen atoms in total. The molecule has 36 heavy (non-hydrogen) atoms. The number of aromatic nitrogens is 2. The first-order valence-electron chi connectivity index (χ1n) is 11.7. The Kier molecular flexibility index (Phi) is 8.17. The fourth-order valence-corrected chi connectivity index (χ4v) is 3.77. The lowest BCUT2D eigenvalue weighted by atomic mass is 10.2. The molecular formula is C26H30N6O4. The van der Waals surface area contributed by atoms with E-state index in [-0.39, 0.29) is 19.1 Å². The molecule has 2 aromatic carbocycles. The molecule has 0 atom stereocenters. The predicted octanol–water partition coefficient (Wildman–Crippen LogP) is 3.11. The second kappa shape index (κ2) is 11.9. The smallest absolute Gasteiger partial charge is 0.407 e. The van der Waals surface area contributed by atoms with Gasteiger partial charge in [-0.05, 0) is 36.8 Å². The Balaban J connectivity index is 1.25. The first-order valence-corrected chi connectivity index (χ1v) is 11.7. The quantitative estimate of drug-likeness (QED) is 0.496. The Morgan fingerprint density at radius 1 is 0.972 bits per heavy atom. The number of piperazine rings is 1. The number of hydrogen-bond donors (Lipinski definition) is 2. The highest BCUT2D eigenvalue weighted by Gasteiger charge is 2.23. The van der Waals surface area contributed by atoms with Crippen molar-refractivity contribution in [3.05, 3.63) is 71.9 Å². The van der Waals surface area contributed by atoms with Gasteiger partial charge in [0.05, 0.1) is 7.11 Å². The summed E-state index contributed by atoms with van der Waals surface area (Å²) < 4.78 is 10.4. The minimum Gasteiger partial charge on any atom is -0.497 e. The molecule has 0 bridgehead atoms. The first kappa shape index (κ1) is 24.8. The number of benzene rings is 2. The van der Waals surface area contributed by atoms with Gasteiger partial charge in [0.25, 0.3) is 0 Å². The molecule has 1 aromatic heterocycles. The molecule has 0 radical (unpaired) electrons. The second-order valence-corrected chi connectivity index (χ2v) is 8.33. The fraction of sp³-hybridized carbons (Fsp3) is 0.308. The van der Waals surface area contributed by atoms with E-state index in [1.807, 2.05) is 67.6 Å². The number of anilines is 3. The molecule has 3 aromatic rings. The Bertz CT molecular complexity index is 1160. The van der Waals surface area contributed by atoms with Crippen LogP contribution in [-0.4, -0.2) is 66.7 Å². The zero-order valence-corrected chi connectivity index (χ0v) is 20.4. The van der Waals surface area contributed by atoms with Crippen LogP contribution >= 0.6 is 0 Å². The Hall–Kier alpha value is -4.34. The molecule has 4 rings (SSSR count). The molecule has 1 aliphatic heterocycles. The Labute approximate surface area is 210 Å². The molecule has 1 fully saturated rings. The summed E-state index contributed by atoms with van der Waals surface area (Å²) in [5.41, 5.74) is 2.62. The summed E-state index contributed by atoms with van der Waals surface area (Å²) >= 11 is 0. The van der Waals surface area contributed by atoms with Crippen molar-refractivity contribution in [3.8, 4) is 5.75 Å². The van der Waals surface area contributed by atoms with Crippen LogP contribution < -0.4 is 20.3 Å². The van der Waals surface area contributed by atoms with Crippen LogP contribution in [0.25, 0.3) is 0 Å². The van der Waals surface area contributed by atoms with Crippen molar-refractivity contribution in [2.45, 2.75) is 13.5 Å². The zero-order valence-electron chi connectivity index (χ0n) is 20.4. The topological polar surface area (TPSA) is 109 Å². The molecule has 0 aliphatic carbocycles. The van der Waals surface area contributed by atoms with Gasteiger partial charge in [-0.2, -0.15) is 4.98 Å². The molecular weight excluding hydrogens is 460 g/mol. The van der Waals surface area contributed by atoms with Crippen LogP contribution in [0.4, 0.5) is 22.2 Å². The van der Waals surface area contributed by atoms with Crippen molar-refractivity contribution in [2.24, 2.45) is 0 Å². The molecule has 0 unspecified atom stereocenters. The van der Waals surface area contributed by atoms with Gasteiger partial charge in [0, 0.05) is 43.6 Å². The lowest BCUT2D eigenvalue weighted by Crippen LogP contribution is -2.51. The van der Waals surface area contributed by atoms with Crippen molar-refractivity contribution >= 4 is 29.5 Å². The average Bonchev–Trinajstić information content (AvgIpc) is 2.91. The number of rotatable bonds is 8. The number of ether oxygens (including phenoxy) is 2. The number of nitrogens with zero attached hydrogens (tertiary/aromatic N) is 4. The Morgan fingerprint density at radius 2 is 1.69 bits per heavy atom.